The Hall–Kier alpha value is -1.29. The zero-order valence-electron chi connectivity index (χ0n) is 7.48. The van der Waals surface area contributed by atoms with Gasteiger partial charge in [0.05, 0.1) is 5.56 Å². The van der Waals surface area contributed by atoms with Crippen LogP contribution in [-0.4, -0.2) is 22.6 Å². The number of hydrogen-bond donors (Lipinski definition) is 3. The Labute approximate surface area is 76.0 Å². The van der Waals surface area contributed by atoms with Gasteiger partial charge in [0.1, 0.15) is 0 Å². The molecule has 0 fully saturated rings. The second kappa shape index (κ2) is 2.88. The highest BCUT2D eigenvalue weighted by Gasteiger charge is 2.21. The lowest BCUT2D eigenvalue weighted by Gasteiger charge is -2.12. The summed E-state index contributed by atoms with van der Waals surface area (Å²) in [6, 6.07) is 0. The third-order valence-electron chi connectivity index (χ3n) is 2.45. The average Bonchev–Trinajstić information content (AvgIpc) is 2.39. The second-order valence-corrected chi connectivity index (χ2v) is 3.31. The molecule has 0 atom stereocenters. The quantitative estimate of drug-likeness (QED) is 0.595. The molecule has 0 aromatic carbocycles. The number of carboxylic acid groups (broad SMARTS) is 1. The zero-order valence-corrected chi connectivity index (χ0v) is 7.48. The molecule has 0 radical (unpaired) electrons. The normalized spacial score (nSPS) is 15.5. The Morgan fingerprint density at radius 2 is 2.31 bits per heavy atom. The number of carbonyl (C=O) groups is 1. The van der Waals surface area contributed by atoms with Crippen molar-refractivity contribution in [2.45, 2.75) is 19.9 Å². The summed E-state index contributed by atoms with van der Waals surface area (Å²) in [5, 5.41) is 12.1. The van der Waals surface area contributed by atoms with Crippen molar-refractivity contribution in [2.75, 3.05) is 6.54 Å². The minimum Gasteiger partial charge on any atom is -0.478 e. The first kappa shape index (κ1) is 8.31. The number of H-pyrrole nitrogens is 1. The molecule has 2 heterocycles. The van der Waals surface area contributed by atoms with E-state index in [1.165, 1.54) is 0 Å². The molecule has 70 valence electrons. The molecule has 1 aromatic rings. The van der Waals surface area contributed by atoms with Crippen LogP contribution < -0.4 is 5.32 Å². The maximum atomic E-state index is 10.9. The smallest absolute Gasteiger partial charge is 0.337 e. The highest BCUT2D eigenvalue weighted by atomic mass is 16.4. The van der Waals surface area contributed by atoms with Crippen LogP contribution in [0.25, 0.3) is 0 Å². The van der Waals surface area contributed by atoms with Gasteiger partial charge in [-0.15, -0.1) is 0 Å². The number of carboxylic acids is 1. The molecule has 4 heteroatoms. The fourth-order valence-corrected chi connectivity index (χ4v) is 1.87. The number of aryl methyl sites for hydroxylation is 1. The lowest BCUT2D eigenvalue weighted by Crippen LogP contribution is -2.24. The predicted molar refractivity (Wildman–Crippen MR) is 47.9 cm³/mol. The van der Waals surface area contributed by atoms with Gasteiger partial charge in [-0.25, -0.2) is 4.79 Å². The Balaban J connectivity index is 2.54. The van der Waals surface area contributed by atoms with Crippen LogP contribution in [0.1, 0.15) is 27.3 Å². The number of rotatable bonds is 1. The summed E-state index contributed by atoms with van der Waals surface area (Å²) in [5.74, 6) is -0.835. The van der Waals surface area contributed by atoms with Crippen LogP contribution in [0.2, 0.25) is 0 Å². The minimum absolute atomic E-state index is 0.446. The summed E-state index contributed by atoms with van der Waals surface area (Å²) in [6.07, 6.45) is 0.892. The van der Waals surface area contributed by atoms with E-state index in [1.54, 1.807) is 0 Å². The van der Waals surface area contributed by atoms with Gasteiger partial charge in [0.2, 0.25) is 0 Å². The molecule has 0 saturated heterocycles. The van der Waals surface area contributed by atoms with Crippen LogP contribution in [0.4, 0.5) is 0 Å². The summed E-state index contributed by atoms with van der Waals surface area (Å²) in [4.78, 5) is 14.0. The van der Waals surface area contributed by atoms with Gasteiger partial charge in [-0.2, -0.15) is 0 Å². The zero-order chi connectivity index (χ0) is 9.42. The average molecular weight is 180 g/mol. The van der Waals surface area contributed by atoms with E-state index in [1.807, 2.05) is 6.92 Å². The number of nitrogens with one attached hydrogen (secondary N) is 2. The van der Waals surface area contributed by atoms with E-state index in [2.05, 4.69) is 10.3 Å². The topological polar surface area (TPSA) is 65.1 Å². The van der Waals surface area contributed by atoms with Crippen molar-refractivity contribution in [1.82, 2.24) is 10.3 Å². The van der Waals surface area contributed by atoms with Crippen LogP contribution in [0.3, 0.4) is 0 Å². The highest BCUT2D eigenvalue weighted by molar-refractivity contribution is 5.91. The van der Waals surface area contributed by atoms with Gasteiger partial charge >= 0.3 is 5.97 Å². The molecule has 0 aliphatic carbocycles. The third-order valence-corrected chi connectivity index (χ3v) is 2.45. The Kier molecular flexibility index (Phi) is 1.84. The van der Waals surface area contributed by atoms with Gasteiger partial charge < -0.3 is 15.4 Å². The van der Waals surface area contributed by atoms with Crippen LogP contribution in [0.5, 0.6) is 0 Å². The summed E-state index contributed by atoms with van der Waals surface area (Å²) in [7, 11) is 0. The van der Waals surface area contributed by atoms with Crippen LogP contribution in [-0.2, 0) is 13.0 Å². The van der Waals surface area contributed by atoms with Gasteiger partial charge in [-0.05, 0) is 6.92 Å². The molecule has 1 aliphatic heterocycles. The van der Waals surface area contributed by atoms with E-state index in [4.69, 9.17) is 5.11 Å². The molecule has 2 rings (SSSR count). The summed E-state index contributed by atoms with van der Waals surface area (Å²) < 4.78 is 0. The van der Waals surface area contributed by atoms with Crippen molar-refractivity contribution in [3.8, 4) is 0 Å². The van der Waals surface area contributed by atoms with E-state index in [9.17, 15) is 4.79 Å². The van der Waals surface area contributed by atoms with E-state index in [-0.39, 0.29) is 0 Å². The van der Waals surface area contributed by atoms with Gasteiger partial charge in [0, 0.05) is 36.5 Å². The lowest BCUT2D eigenvalue weighted by molar-refractivity contribution is 0.0695. The molecule has 1 aliphatic rings. The number of aromatic nitrogens is 1. The Morgan fingerprint density at radius 1 is 1.54 bits per heavy atom. The molecular formula is C9H12N2O2. The van der Waals surface area contributed by atoms with Crippen molar-refractivity contribution in [3.05, 3.63) is 22.5 Å². The van der Waals surface area contributed by atoms with Gasteiger partial charge in [0.25, 0.3) is 0 Å². The van der Waals surface area contributed by atoms with Crippen LogP contribution in [0.15, 0.2) is 0 Å². The molecule has 0 spiro atoms. The van der Waals surface area contributed by atoms with E-state index in [0.29, 0.717) is 12.1 Å². The number of aromatic carboxylic acids is 1. The standard InChI is InChI=1S/C9H12N2O2/c1-5-8(9(12)13)6-4-10-3-2-7(6)11-5/h10-11H,2-4H2,1H3,(H,12,13). The lowest BCUT2D eigenvalue weighted by atomic mass is 10.0. The molecule has 3 N–H and O–H groups in total. The van der Waals surface area contributed by atoms with Crippen LogP contribution in [0, 0.1) is 6.92 Å². The fraction of sp³-hybridized carbons (Fsp3) is 0.444. The number of hydrogen-bond acceptors (Lipinski definition) is 2. The van der Waals surface area contributed by atoms with Crippen molar-refractivity contribution in [3.63, 3.8) is 0 Å². The molecule has 0 bridgehead atoms. The number of fused-ring (bicyclic) bond motifs is 1. The summed E-state index contributed by atoms with van der Waals surface area (Å²) >= 11 is 0. The van der Waals surface area contributed by atoms with Crippen molar-refractivity contribution >= 4 is 5.97 Å². The molecule has 0 amide bonds. The first-order valence-electron chi connectivity index (χ1n) is 4.34. The Morgan fingerprint density at radius 3 is 3.00 bits per heavy atom. The van der Waals surface area contributed by atoms with Crippen molar-refractivity contribution in [1.29, 1.82) is 0 Å². The SMILES string of the molecule is Cc1[nH]c2c(c1C(=O)O)CNCC2. The van der Waals surface area contributed by atoms with Crippen LogP contribution >= 0.6 is 0 Å². The molecule has 0 saturated carbocycles. The monoisotopic (exact) mass is 180 g/mol. The first-order valence-corrected chi connectivity index (χ1v) is 4.34. The van der Waals surface area contributed by atoms with Gasteiger partial charge in [0.15, 0.2) is 0 Å². The molecular weight excluding hydrogens is 168 g/mol. The van der Waals surface area contributed by atoms with Gasteiger partial charge in [-0.1, -0.05) is 0 Å². The summed E-state index contributed by atoms with van der Waals surface area (Å²) in [6.45, 7) is 3.40. The maximum Gasteiger partial charge on any atom is 0.337 e. The largest absolute Gasteiger partial charge is 0.478 e. The van der Waals surface area contributed by atoms with Crippen molar-refractivity contribution in [2.24, 2.45) is 0 Å². The minimum atomic E-state index is -0.835. The van der Waals surface area contributed by atoms with E-state index >= 15 is 0 Å². The molecule has 1 aromatic heterocycles. The highest BCUT2D eigenvalue weighted by Crippen LogP contribution is 2.21. The van der Waals surface area contributed by atoms with E-state index in [0.717, 1.165) is 29.9 Å². The number of aromatic amines is 1. The molecule has 0 unspecified atom stereocenters. The maximum absolute atomic E-state index is 10.9. The molecule has 13 heavy (non-hydrogen) atoms. The van der Waals surface area contributed by atoms with E-state index < -0.39 is 5.97 Å². The molecule has 4 nitrogen and oxygen atoms in total. The first-order chi connectivity index (χ1) is 6.20. The second-order valence-electron chi connectivity index (χ2n) is 3.31. The third kappa shape index (κ3) is 1.23. The predicted octanol–water partition coefficient (Wildman–Crippen LogP) is 0.667. The fourth-order valence-electron chi connectivity index (χ4n) is 1.87. The summed E-state index contributed by atoms with van der Waals surface area (Å²) in [5.41, 5.74) is 3.22. The Bertz CT molecular complexity index is 355. The van der Waals surface area contributed by atoms with Gasteiger partial charge in [-0.3, -0.25) is 0 Å². The van der Waals surface area contributed by atoms with Crippen molar-refractivity contribution < 1.29 is 9.90 Å².